The Hall–Kier alpha value is 0.240. The van der Waals surface area contributed by atoms with Gasteiger partial charge in [-0.25, -0.2) is 0 Å². The Kier molecular flexibility index (Phi) is 4.53. The topological polar surface area (TPSA) is 17.1 Å². The van der Waals surface area contributed by atoms with E-state index in [2.05, 4.69) is 0 Å². The van der Waals surface area contributed by atoms with E-state index in [9.17, 15) is 4.21 Å². The largest absolute Gasteiger partial charge is 0.254 e. The summed E-state index contributed by atoms with van der Waals surface area (Å²) in [5, 5.41) is 0.996. The van der Waals surface area contributed by atoms with E-state index in [0.717, 1.165) is 0 Å². The van der Waals surface area contributed by atoms with E-state index in [1.165, 1.54) is 0 Å². The summed E-state index contributed by atoms with van der Waals surface area (Å²) in [6.45, 7) is 0. The van der Waals surface area contributed by atoms with E-state index in [0.29, 0.717) is 26.6 Å². The molecule has 0 spiro atoms. The number of rotatable bonds is 3. The second kappa shape index (κ2) is 5.20. The second-order valence-corrected chi connectivity index (χ2v) is 5.07. The van der Waals surface area contributed by atoms with E-state index in [-0.39, 0.29) is 0 Å². The highest BCUT2D eigenvalue weighted by molar-refractivity contribution is 7.85. The summed E-state index contributed by atoms with van der Waals surface area (Å²) < 4.78 is 11.5. The van der Waals surface area contributed by atoms with Crippen molar-refractivity contribution in [2.24, 2.45) is 0 Å². The van der Waals surface area contributed by atoms with Crippen molar-refractivity contribution in [2.75, 3.05) is 11.6 Å². The summed E-state index contributed by atoms with van der Waals surface area (Å²) in [5.74, 6) is 0.733. The molecule has 1 aromatic carbocycles. The highest BCUT2D eigenvalue weighted by Crippen LogP contribution is 2.23. The lowest BCUT2D eigenvalue weighted by atomic mass is 10.4. The van der Waals surface area contributed by atoms with Crippen LogP contribution in [0, 0.1) is 0 Å². The molecule has 0 aliphatic carbocycles. The number of halogens is 3. The Morgan fingerprint density at radius 2 is 2.00 bits per heavy atom. The zero-order valence-corrected chi connectivity index (χ0v) is 9.68. The predicted molar refractivity (Wildman–Crippen MR) is 58.5 cm³/mol. The summed E-state index contributed by atoms with van der Waals surface area (Å²) in [6, 6.07) is 4.89. The van der Waals surface area contributed by atoms with Crippen LogP contribution in [0.5, 0.6) is 0 Å². The van der Waals surface area contributed by atoms with Crippen LogP contribution in [-0.2, 0) is 10.8 Å². The Labute approximate surface area is 94.4 Å². The molecule has 0 saturated carbocycles. The SMILES string of the molecule is O=[S@@](CCCl)c1cc(Cl)ccc1Cl. The van der Waals surface area contributed by atoms with Gasteiger partial charge in [-0.3, -0.25) is 4.21 Å². The molecule has 0 heterocycles. The van der Waals surface area contributed by atoms with E-state index < -0.39 is 10.8 Å². The van der Waals surface area contributed by atoms with Gasteiger partial charge in [0.2, 0.25) is 0 Å². The number of hydrogen-bond donors (Lipinski definition) is 0. The lowest BCUT2D eigenvalue weighted by Crippen LogP contribution is -1.99. The average molecular weight is 258 g/mol. The molecule has 72 valence electrons. The third kappa shape index (κ3) is 3.13. The molecule has 0 aliphatic rings. The highest BCUT2D eigenvalue weighted by atomic mass is 35.5. The molecule has 1 nitrogen and oxygen atoms in total. The minimum Gasteiger partial charge on any atom is -0.254 e. The first kappa shape index (κ1) is 11.3. The fourth-order valence-corrected chi connectivity index (χ4v) is 2.77. The number of hydrogen-bond acceptors (Lipinski definition) is 1. The molecule has 5 heteroatoms. The molecule has 0 aromatic heterocycles. The van der Waals surface area contributed by atoms with Crippen molar-refractivity contribution in [3.63, 3.8) is 0 Å². The molecule has 0 aliphatic heterocycles. The van der Waals surface area contributed by atoms with Crippen molar-refractivity contribution in [1.29, 1.82) is 0 Å². The number of benzene rings is 1. The van der Waals surface area contributed by atoms with E-state index >= 15 is 0 Å². The molecule has 0 bridgehead atoms. The van der Waals surface area contributed by atoms with Crippen LogP contribution < -0.4 is 0 Å². The standard InChI is InChI=1S/C8H7Cl3OS/c9-3-4-13(12)8-5-6(10)1-2-7(8)11/h1-2,5H,3-4H2/t13-/m0/s1. The van der Waals surface area contributed by atoms with Gasteiger partial charge < -0.3 is 0 Å². The zero-order chi connectivity index (χ0) is 9.84. The summed E-state index contributed by atoms with van der Waals surface area (Å²) in [4.78, 5) is 0.551. The smallest absolute Gasteiger partial charge is 0.0589 e. The van der Waals surface area contributed by atoms with Gasteiger partial charge in [0.25, 0.3) is 0 Å². The van der Waals surface area contributed by atoms with Gasteiger partial charge in [-0.1, -0.05) is 23.2 Å². The van der Waals surface area contributed by atoms with Gasteiger partial charge in [0, 0.05) is 16.7 Å². The minimum absolute atomic E-state index is 0.343. The Morgan fingerprint density at radius 3 is 2.62 bits per heavy atom. The predicted octanol–water partition coefficient (Wildman–Crippen LogP) is 3.34. The summed E-state index contributed by atoms with van der Waals surface area (Å²) in [7, 11) is -1.15. The quantitative estimate of drug-likeness (QED) is 0.759. The van der Waals surface area contributed by atoms with Gasteiger partial charge in [0.05, 0.1) is 20.7 Å². The Balaban J connectivity index is 2.99. The summed E-state index contributed by atoms with van der Waals surface area (Å²) in [5.41, 5.74) is 0. The van der Waals surface area contributed by atoms with Gasteiger partial charge in [0.15, 0.2) is 0 Å². The molecular formula is C8H7Cl3OS. The second-order valence-electron chi connectivity index (χ2n) is 2.31. The average Bonchev–Trinajstić information content (AvgIpc) is 2.09. The molecule has 0 amide bonds. The first-order chi connectivity index (χ1) is 6.15. The normalized spacial score (nSPS) is 12.8. The fraction of sp³-hybridized carbons (Fsp3) is 0.250. The molecule has 13 heavy (non-hydrogen) atoms. The van der Waals surface area contributed by atoms with Crippen molar-refractivity contribution in [2.45, 2.75) is 4.90 Å². The third-order valence-corrected chi connectivity index (χ3v) is 3.89. The fourth-order valence-electron chi connectivity index (χ4n) is 0.832. The molecular weight excluding hydrogens is 251 g/mol. The third-order valence-electron chi connectivity index (χ3n) is 1.40. The molecule has 1 atom stereocenters. The maximum Gasteiger partial charge on any atom is 0.0589 e. The van der Waals surface area contributed by atoms with Gasteiger partial charge in [-0.2, -0.15) is 0 Å². The maximum atomic E-state index is 11.5. The van der Waals surface area contributed by atoms with Gasteiger partial charge >= 0.3 is 0 Å². The molecule has 1 aromatic rings. The number of alkyl halides is 1. The van der Waals surface area contributed by atoms with Gasteiger partial charge in [-0.15, -0.1) is 11.6 Å². The minimum atomic E-state index is -1.15. The van der Waals surface area contributed by atoms with Crippen molar-refractivity contribution < 1.29 is 4.21 Å². The van der Waals surface area contributed by atoms with Crippen LogP contribution in [0.25, 0.3) is 0 Å². The molecule has 0 saturated heterocycles. The first-order valence-corrected chi connectivity index (χ1v) is 6.15. The van der Waals surface area contributed by atoms with Crippen molar-refractivity contribution in [1.82, 2.24) is 0 Å². The van der Waals surface area contributed by atoms with Crippen LogP contribution in [0.1, 0.15) is 0 Å². The lowest BCUT2D eigenvalue weighted by Gasteiger charge is -2.02. The van der Waals surface area contributed by atoms with E-state index in [1.807, 2.05) is 0 Å². The van der Waals surface area contributed by atoms with E-state index in [1.54, 1.807) is 18.2 Å². The molecule has 1 rings (SSSR count). The van der Waals surface area contributed by atoms with Crippen molar-refractivity contribution in [3.8, 4) is 0 Å². The zero-order valence-electron chi connectivity index (χ0n) is 6.60. The van der Waals surface area contributed by atoms with Crippen LogP contribution in [0.15, 0.2) is 23.1 Å². The highest BCUT2D eigenvalue weighted by Gasteiger charge is 2.08. The summed E-state index contributed by atoms with van der Waals surface area (Å²) >= 11 is 17.0. The molecule has 0 N–H and O–H groups in total. The monoisotopic (exact) mass is 256 g/mol. The van der Waals surface area contributed by atoms with Crippen molar-refractivity contribution >= 4 is 45.6 Å². The van der Waals surface area contributed by atoms with Crippen LogP contribution in [-0.4, -0.2) is 15.8 Å². The van der Waals surface area contributed by atoms with Crippen LogP contribution in [0.2, 0.25) is 10.0 Å². The maximum absolute atomic E-state index is 11.5. The van der Waals surface area contributed by atoms with Crippen LogP contribution in [0.4, 0.5) is 0 Å². The molecule has 0 unspecified atom stereocenters. The first-order valence-electron chi connectivity index (χ1n) is 3.54. The van der Waals surface area contributed by atoms with Crippen molar-refractivity contribution in [3.05, 3.63) is 28.2 Å². The van der Waals surface area contributed by atoms with Gasteiger partial charge in [0.1, 0.15) is 0 Å². The summed E-state index contributed by atoms with van der Waals surface area (Å²) in [6.07, 6.45) is 0. The lowest BCUT2D eigenvalue weighted by molar-refractivity contribution is 0.684. The van der Waals surface area contributed by atoms with Crippen LogP contribution in [0.3, 0.4) is 0 Å². The molecule has 0 radical (unpaired) electrons. The van der Waals surface area contributed by atoms with E-state index in [4.69, 9.17) is 34.8 Å². The Bertz CT molecular complexity index is 327. The van der Waals surface area contributed by atoms with Gasteiger partial charge in [-0.05, 0) is 18.2 Å². The Morgan fingerprint density at radius 1 is 1.31 bits per heavy atom. The molecule has 0 fully saturated rings. The van der Waals surface area contributed by atoms with Crippen LogP contribution >= 0.6 is 34.8 Å².